The summed E-state index contributed by atoms with van der Waals surface area (Å²) in [7, 11) is 0. The van der Waals surface area contributed by atoms with E-state index in [4.69, 9.17) is 5.73 Å². The van der Waals surface area contributed by atoms with Crippen molar-refractivity contribution >= 4 is 5.69 Å². The van der Waals surface area contributed by atoms with E-state index in [1.165, 1.54) is 6.07 Å². The van der Waals surface area contributed by atoms with Crippen LogP contribution < -0.4 is 11.1 Å². The highest BCUT2D eigenvalue weighted by molar-refractivity contribution is 5.46. The molecule has 1 saturated heterocycles. The molecule has 1 fully saturated rings. The molecule has 0 unspecified atom stereocenters. The van der Waals surface area contributed by atoms with Crippen molar-refractivity contribution in [3.8, 4) is 0 Å². The Kier molecular flexibility index (Phi) is 3.04. The molecule has 1 aliphatic heterocycles. The van der Waals surface area contributed by atoms with Crippen LogP contribution in [0.4, 0.5) is 23.2 Å². The number of nitrogens with one attached hydrogen (secondary N) is 1. The van der Waals surface area contributed by atoms with Crippen molar-refractivity contribution in [3.05, 3.63) is 41.9 Å². The third-order valence-corrected chi connectivity index (χ3v) is 3.84. The number of nitrogens with two attached hydrogens (primary N) is 1. The molecule has 2 atom stereocenters. The van der Waals surface area contributed by atoms with Gasteiger partial charge in [0.2, 0.25) is 0 Å². The molecule has 0 saturated carbocycles. The molecular formula is C14H16F4N2. The van der Waals surface area contributed by atoms with Crippen molar-refractivity contribution in [2.75, 3.05) is 5.73 Å². The van der Waals surface area contributed by atoms with E-state index in [-0.39, 0.29) is 16.9 Å². The van der Waals surface area contributed by atoms with Gasteiger partial charge in [0.05, 0.1) is 6.42 Å². The number of benzene rings is 1. The second-order valence-corrected chi connectivity index (χ2v) is 5.55. The first-order valence-corrected chi connectivity index (χ1v) is 6.09. The van der Waals surface area contributed by atoms with Crippen LogP contribution in [-0.4, -0.2) is 11.6 Å². The van der Waals surface area contributed by atoms with Crippen LogP contribution in [0.15, 0.2) is 30.5 Å². The molecule has 3 N–H and O–H groups in total. The first-order chi connectivity index (χ1) is 8.99. The van der Waals surface area contributed by atoms with Crippen molar-refractivity contribution in [1.29, 1.82) is 0 Å². The van der Waals surface area contributed by atoms with Gasteiger partial charge < -0.3 is 11.1 Å². The Morgan fingerprint density at radius 3 is 2.45 bits per heavy atom. The van der Waals surface area contributed by atoms with Gasteiger partial charge in [0.15, 0.2) is 5.67 Å². The summed E-state index contributed by atoms with van der Waals surface area (Å²) in [5.41, 5.74) is 0.812. The van der Waals surface area contributed by atoms with Crippen molar-refractivity contribution < 1.29 is 17.6 Å². The Balaban J connectivity index is 2.58. The van der Waals surface area contributed by atoms with E-state index in [0.29, 0.717) is 0 Å². The van der Waals surface area contributed by atoms with Crippen LogP contribution in [0.5, 0.6) is 0 Å². The minimum Gasteiger partial charge on any atom is -0.399 e. The molecule has 1 aromatic rings. The highest BCUT2D eigenvalue weighted by atomic mass is 19.3. The lowest BCUT2D eigenvalue weighted by atomic mass is 9.75. The number of hydrogen-bond acceptors (Lipinski definition) is 2. The van der Waals surface area contributed by atoms with Gasteiger partial charge in [-0.05, 0) is 32.0 Å². The van der Waals surface area contributed by atoms with E-state index in [9.17, 15) is 17.6 Å². The lowest BCUT2D eigenvalue weighted by Crippen LogP contribution is -2.62. The van der Waals surface area contributed by atoms with Crippen LogP contribution in [0.25, 0.3) is 0 Å². The SMILES string of the molecule is C=C1N[C@](C)(c2cc(N)ccc2F)C(F)(F)C[C@@]1(C)F. The summed E-state index contributed by atoms with van der Waals surface area (Å²) in [6.07, 6.45) is -1.07. The van der Waals surface area contributed by atoms with E-state index < -0.39 is 29.4 Å². The molecule has 110 valence electrons. The number of piperidine rings is 1. The summed E-state index contributed by atoms with van der Waals surface area (Å²) in [6.45, 7) is 5.57. The fourth-order valence-electron chi connectivity index (χ4n) is 2.41. The predicted molar refractivity (Wildman–Crippen MR) is 69.5 cm³/mol. The summed E-state index contributed by atoms with van der Waals surface area (Å²) in [5.74, 6) is -4.34. The highest BCUT2D eigenvalue weighted by Crippen LogP contribution is 2.50. The van der Waals surface area contributed by atoms with Crippen LogP contribution in [0.1, 0.15) is 25.8 Å². The molecule has 1 heterocycles. The molecule has 20 heavy (non-hydrogen) atoms. The normalized spacial score (nSPS) is 32.8. The van der Waals surface area contributed by atoms with Crippen molar-refractivity contribution in [3.63, 3.8) is 0 Å². The van der Waals surface area contributed by atoms with Gasteiger partial charge in [-0.2, -0.15) is 0 Å². The number of alkyl halides is 3. The van der Waals surface area contributed by atoms with Crippen molar-refractivity contribution in [2.45, 2.75) is 37.4 Å². The molecule has 0 radical (unpaired) electrons. The maximum Gasteiger partial charge on any atom is 0.278 e. The van der Waals surface area contributed by atoms with Crippen LogP contribution >= 0.6 is 0 Å². The van der Waals surface area contributed by atoms with Crippen molar-refractivity contribution in [1.82, 2.24) is 5.32 Å². The Labute approximate surface area is 114 Å². The molecule has 0 amide bonds. The van der Waals surface area contributed by atoms with E-state index in [0.717, 1.165) is 26.0 Å². The standard InChI is InChI=1S/C14H16F4N2/c1-8-12(2,16)7-14(17,18)13(3,20-8)10-6-9(19)4-5-11(10)15/h4-6,20H,1,7,19H2,2-3H3/t12-,13-/m1/s1. The fourth-order valence-corrected chi connectivity index (χ4v) is 2.41. The minimum absolute atomic E-state index is 0.152. The van der Waals surface area contributed by atoms with Gasteiger partial charge in [0.1, 0.15) is 11.4 Å². The second-order valence-electron chi connectivity index (χ2n) is 5.55. The fraction of sp³-hybridized carbons (Fsp3) is 0.429. The summed E-state index contributed by atoms with van der Waals surface area (Å²) in [5, 5.41) is 2.34. The van der Waals surface area contributed by atoms with Gasteiger partial charge in [0, 0.05) is 16.9 Å². The monoisotopic (exact) mass is 288 g/mol. The molecular weight excluding hydrogens is 272 g/mol. The van der Waals surface area contributed by atoms with Gasteiger partial charge in [-0.25, -0.2) is 17.6 Å². The third-order valence-electron chi connectivity index (χ3n) is 3.84. The van der Waals surface area contributed by atoms with Crippen molar-refractivity contribution in [2.24, 2.45) is 0 Å². The maximum absolute atomic E-state index is 14.4. The molecule has 1 aliphatic rings. The Bertz CT molecular complexity index is 568. The number of rotatable bonds is 1. The number of hydrogen-bond donors (Lipinski definition) is 2. The van der Waals surface area contributed by atoms with Gasteiger partial charge in [-0.3, -0.25) is 0 Å². The van der Waals surface area contributed by atoms with Crippen LogP contribution in [-0.2, 0) is 5.54 Å². The first kappa shape index (κ1) is 14.7. The summed E-state index contributed by atoms with van der Waals surface area (Å²) in [4.78, 5) is 0. The van der Waals surface area contributed by atoms with Gasteiger partial charge in [0.25, 0.3) is 5.92 Å². The van der Waals surface area contributed by atoms with E-state index in [1.54, 1.807) is 0 Å². The molecule has 2 nitrogen and oxygen atoms in total. The minimum atomic E-state index is -3.51. The molecule has 0 bridgehead atoms. The van der Waals surface area contributed by atoms with E-state index >= 15 is 0 Å². The van der Waals surface area contributed by atoms with Crippen LogP contribution in [0.3, 0.4) is 0 Å². The molecule has 2 rings (SSSR count). The van der Waals surface area contributed by atoms with Crippen LogP contribution in [0, 0.1) is 5.82 Å². The molecule has 0 spiro atoms. The molecule has 6 heteroatoms. The summed E-state index contributed by atoms with van der Waals surface area (Å²) in [6, 6.07) is 3.42. The molecule has 0 aliphatic carbocycles. The quantitative estimate of drug-likeness (QED) is 0.613. The number of anilines is 1. The number of halogens is 4. The lowest BCUT2D eigenvalue weighted by molar-refractivity contribution is -0.136. The first-order valence-electron chi connectivity index (χ1n) is 6.09. The Morgan fingerprint density at radius 1 is 1.25 bits per heavy atom. The zero-order valence-corrected chi connectivity index (χ0v) is 11.2. The van der Waals surface area contributed by atoms with Gasteiger partial charge in [-0.15, -0.1) is 0 Å². The second kappa shape index (κ2) is 4.14. The Morgan fingerprint density at radius 2 is 1.85 bits per heavy atom. The average molecular weight is 288 g/mol. The van der Waals surface area contributed by atoms with Crippen LogP contribution in [0.2, 0.25) is 0 Å². The lowest BCUT2D eigenvalue weighted by Gasteiger charge is -2.48. The average Bonchev–Trinajstić information content (AvgIpc) is 2.29. The topological polar surface area (TPSA) is 38.0 Å². The molecule has 1 aromatic carbocycles. The summed E-state index contributed by atoms with van der Waals surface area (Å²) >= 11 is 0. The third kappa shape index (κ3) is 2.03. The smallest absolute Gasteiger partial charge is 0.278 e. The zero-order valence-electron chi connectivity index (χ0n) is 11.2. The number of allylic oxidation sites excluding steroid dienone is 1. The Hall–Kier alpha value is -1.72. The van der Waals surface area contributed by atoms with Gasteiger partial charge >= 0.3 is 0 Å². The largest absolute Gasteiger partial charge is 0.399 e. The van der Waals surface area contributed by atoms with E-state index in [1.807, 2.05) is 0 Å². The maximum atomic E-state index is 14.4. The van der Waals surface area contributed by atoms with E-state index in [2.05, 4.69) is 11.9 Å². The highest BCUT2D eigenvalue weighted by Gasteiger charge is 2.61. The summed E-state index contributed by atoms with van der Waals surface area (Å²) < 4.78 is 56.7. The predicted octanol–water partition coefficient (Wildman–Crippen LogP) is 3.49. The molecule has 0 aromatic heterocycles. The van der Waals surface area contributed by atoms with Gasteiger partial charge in [-0.1, -0.05) is 6.58 Å². The number of nitrogen functional groups attached to an aromatic ring is 1. The zero-order chi connectivity index (χ0) is 15.3.